The van der Waals surface area contributed by atoms with E-state index in [0.717, 1.165) is 11.3 Å². The first-order chi connectivity index (χ1) is 10.0. The van der Waals surface area contributed by atoms with Gasteiger partial charge in [0, 0.05) is 17.8 Å². The molecule has 0 bridgehead atoms. The summed E-state index contributed by atoms with van der Waals surface area (Å²) in [5.41, 5.74) is 2.66. The van der Waals surface area contributed by atoms with Crippen LogP contribution in [-0.2, 0) is 16.6 Å². The lowest BCUT2D eigenvalue weighted by Gasteiger charge is -2.18. The van der Waals surface area contributed by atoms with Gasteiger partial charge >= 0.3 is 0 Å². The molecule has 1 aliphatic heterocycles. The Morgan fingerprint density at radius 2 is 1.86 bits per heavy atom. The molecular weight excluding hydrogens is 288 g/mol. The van der Waals surface area contributed by atoms with Gasteiger partial charge in [0.25, 0.3) is 0 Å². The fourth-order valence-electron chi connectivity index (χ4n) is 2.23. The number of ketones is 1. The van der Waals surface area contributed by atoms with E-state index >= 15 is 0 Å². The van der Waals surface area contributed by atoms with E-state index in [-0.39, 0.29) is 5.78 Å². The third-order valence-electron chi connectivity index (χ3n) is 3.25. The van der Waals surface area contributed by atoms with Gasteiger partial charge in [-0.1, -0.05) is 30.3 Å². The van der Waals surface area contributed by atoms with Gasteiger partial charge in [-0.2, -0.15) is 0 Å². The molecule has 2 aromatic carbocycles. The summed E-state index contributed by atoms with van der Waals surface area (Å²) >= 11 is 0. The fourth-order valence-corrected chi connectivity index (χ4v) is 3.31. The Hall–Kier alpha value is -2.34. The summed E-state index contributed by atoms with van der Waals surface area (Å²) in [6.45, 7) is 0.638. The number of fused-ring (bicyclic) bond motifs is 1. The Morgan fingerprint density at radius 3 is 2.62 bits per heavy atom. The number of hydrogen-bond donors (Lipinski definition) is 2. The van der Waals surface area contributed by atoms with Crippen molar-refractivity contribution in [3.05, 3.63) is 59.7 Å². The van der Waals surface area contributed by atoms with Crippen LogP contribution in [0.2, 0.25) is 0 Å². The highest BCUT2D eigenvalue weighted by Gasteiger charge is 2.27. The van der Waals surface area contributed by atoms with Gasteiger partial charge < -0.3 is 5.32 Å². The van der Waals surface area contributed by atoms with E-state index in [9.17, 15) is 13.2 Å². The third-order valence-corrected chi connectivity index (χ3v) is 4.42. The van der Waals surface area contributed by atoms with Crippen molar-refractivity contribution >= 4 is 27.2 Å². The summed E-state index contributed by atoms with van der Waals surface area (Å²) in [6, 6.07) is 14.9. The molecule has 0 aliphatic carbocycles. The molecule has 6 heteroatoms. The lowest BCUT2D eigenvalue weighted by atomic mass is 10.1. The van der Waals surface area contributed by atoms with Crippen LogP contribution in [0.5, 0.6) is 0 Å². The molecule has 21 heavy (non-hydrogen) atoms. The molecule has 108 valence electrons. The summed E-state index contributed by atoms with van der Waals surface area (Å²) in [5.74, 6) is -0.880. The molecule has 2 N–H and O–H groups in total. The van der Waals surface area contributed by atoms with Gasteiger partial charge in [0.1, 0.15) is 5.75 Å². The first-order valence-corrected chi connectivity index (χ1v) is 8.14. The lowest BCUT2D eigenvalue weighted by Crippen LogP contribution is -2.29. The number of carbonyl (C=O) groups excluding carboxylic acids is 1. The van der Waals surface area contributed by atoms with E-state index in [1.54, 1.807) is 18.2 Å². The van der Waals surface area contributed by atoms with Crippen LogP contribution in [0.3, 0.4) is 0 Å². The molecule has 0 aromatic heterocycles. The maximum atomic E-state index is 11.9. The number of rotatable bonds is 3. The second-order valence-corrected chi connectivity index (χ2v) is 6.61. The molecule has 0 radical (unpaired) electrons. The molecule has 0 unspecified atom stereocenters. The van der Waals surface area contributed by atoms with Gasteiger partial charge in [-0.05, 0) is 23.8 Å². The normalized spacial score (nSPS) is 15.9. The minimum atomic E-state index is -3.53. The Kier molecular flexibility index (Phi) is 3.39. The Labute approximate surface area is 123 Å². The van der Waals surface area contributed by atoms with Crippen molar-refractivity contribution < 1.29 is 13.2 Å². The number of nitrogens with one attached hydrogen (secondary N) is 2. The zero-order valence-electron chi connectivity index (χ0n) is 11.2. The van der Waals surface area contributed by atoms with Gasteiger partial charge in [0.05, 0.1) is 5.69 Å². The molecule has 0 amide bonds. The molecule has 0 atom stereocenters. The third kappa shape index (κ3) is 3.05. The molecule has 0 fully saturated rings. The molecule has 0 saturated heterocycles. The minimum absolute atomic E-state index is 0.344. The van der Waals surface area contributed by atoms with Crippen LogP contribution in [0.4, 0.5) is 11.4 Å². The molecule has 1 heterocycles. The van der Waals surface area contributed by atoms with Crippen LogP contribution in [-0.4, -0.2) is 20.0 Å². The van der Waals surface area contributed by atoms with E-state index in [1.807, 2.05) is 30.3 Å². The van der Waals surface area contributed by atoms with Gasteiger partial charge in [0.15, 0.2) is 5.78 Å². The molecule has 0 saturated carbocycles. The van der Waals surface area contributed by atoms with Crippen molar-refractivity contribution in [2.75, 3.05) is 15.8 Å². The maximum Gasteiger partial charge on any atom is 0.240 e. The molecule has 1 aliphatic rings. The standard InChI is InChI=1S/C15H14N2O3S/c18-15-10-21(19,20)17-14-7-6-12(8-13(14)15)16-9-11-4-2-1-3-5-11/h1-8,16-17H,9-10H2. The number of sulfonamides is 1. The van der Waals surface area contributed by atoms with E-state index < -0.39 is 15.8 Å². The topological polar surface area (TPSA) is 75.3 Å². The Balaban J connectivity index is 1.81. The van der Waals surface area contributed by atoms with Crippen LogP contribution >= 0.6 is 0 Å². The largest absolute Gasteiger partial charge is 0.381 e. The highest BCUT2D eigenvalue weighted by Crippen LogP contribution is 2.26. The van der Waals surface area contributed by atoms with Crippen molar-refractivity contribution in [1.82, 2.24) is 0 Å². The Bertz CT molecular complexity index is 786. The lowest BCUT2D eigenvalue weighted by molar-refractivity contribution is 0.102. The Morgan fingerprint density at radius 1 is 1.10 bits per heavy atom. The smallest absolute Gasteiger partial charge is 0.240 e. The summed E-state index contributed by atoms with van der Waals surface area (Å²) in [7, 11) is -3.53. The van der Waals surface area contributed by atoms with Gasteiger partial charge in [-0.15, -0.1) is 0 Å². The number of Topliss-reactive ketones (excluding diaryl/α,β-unsaturated/α-hetero) is 1. The van der Waals surface area contributed by atoms with Crippen LogP contribution in [0.1, 0.15) is 15.9 Å². The highest BCUT2D eigenvalue weighted by atomic mass is 32.2. The molecule has 3 rings (SSSR count). The first-order valence-electron chi connectivity index (χ1n) is 6.49. The van der Waals surface area contributed by atoms with Crippen molar-refractivity contribution in [2.24, 2.45) is 0 Å². The van der Waals surface area contributed by atoms with Crippen LogP contribution < -0.4 is 10.0 Å². The van der Waals surface area contributed by atoms with Crippen LogP contribution in [0, 0.1) is 0 Å². The fraction of sp³-hybridized carbons (Fsp3) is 0.133. The van der Waals surface area contributed by atoms with Crippen LogP contribution in [0.15, 0.2) is 48.5 Å². The van der Waals surface area contributed by atoms with Crippen molar-refractivity contribution in [3.8, 4) is 0 Å². The summed E-state index contributed by atoms with van der Waals surface area (Å²) in [6.07, 6.45) is 0. The summed E-state index contributed by atoms with van der Waals surface area (Å²) < 4.78 is 25.3. The van der Waals surface area contributed by atoms with Gasteiger partial charge in [-0.3, -0.25) is 9.52 Å². The average molecular weight is 302 g/mol. The quantitative estimate of drug-likeness (QED) is 0.911. The molecule has 2 aromatic rings. The predicted octanol–water partition coefficient (Wildman–Crippen LogP) is 2.24. The van der Waals surface area contributed by atoms with Gasteiger partial charge in [0.2, 0.25) is 10.0 Å². The van der Waals surface area contributed by atoms with E-state index in [4.69, 9.17) is 0 Å². The van der Waals surface area contributed by atoms with Crippen molar-refractivity contribution in [1.29, 1.82) is 0 Å². The zero-order chi connectivity index (χ0) is 14.9. The van der Waals surface area contributed by atoms with E-state index in [0.29, 0.717) is 17.8 Å². The predicted molar refractivity (Wildman–Crippen MR) is 82.0 cm³/mol. The summed E-state index contributed by atoms with van der Waals surface area (Å²) in [4.78, 5) is 11.9. The second-order valence-electron chi connectivity index (χ2n) is 4.88. The van der Waals surface area contributed by atoms with E-state index in [1.165, 1.54) is 0 Å². The first kappa shape index (κ1) is 13.6. The highest BCUT2D eigenvalue weighted by molar-refractivity contribution is 7.93. The van der Waals surface area contributed by atoms with Crippen molar-refractivity contribution in [3.63, 3.8) is 0 Å². The number of hydrogen-bond acceptors (Lipinski definition) is 4. The van der Waals surface area contributed by atoms with Crippen LogP contribution in [0.25, 0.3) is 0 Å². The maximum absolute atomic E-state index is 11.9. The zero-order valence-corrected chi connectivity index (χ0v) is 12.0. The average Bonchev–Trinajstić information content (AvgIpc) is 2.45. The van der Waals surface area contributed by atoms with Gasteiger partial charge in [-0.25, -0.2) is 8.42 Å². The molecular formula is C15H14N2O3S. The second kappa shape index (κ2) is 5.21. The number of carbonyl (C=O) groups is 1. The monoisotopic (exact) mass is 302 g/mol. The number of benzene rings is 2. The minimum Gasteiger partial charge on any atom is -0.381 e. The van der Waals surface area contributed by atoms with Crippen molar-refractivity contribution in [2.45, 2.75) is 6.54 Å². The number of anilines is 2. The molecule has 5 nitrogen and oxygen atoms in total. The SMILES string of the molecule is O=C1CS(=O)(=O)Nc2ccc(NCc3ccccc3)cc21. The van der Waals surface area contributed by atoms with E-state index in [2.05, 4.69) is 10.0 Å². The summed E-state index contributed by atoms with van der Waals surface area (Å²) in [5, 5.41) is 3.22. The molecule has 0 spiro atoms.